The van der Waals surface area contributed by atoms with Crippen LogP contribution in [0.15, 0.2) is 46.9 Å². The number of anilines is 1. The van der Waals surface area contributed by atoms with Gasteiger partial charge in [-0.25, -0.2) is 0 Å². The molecule has 2 aromatic rings. The molecule has 0 aliphatic carbocycles. The lowest BCUT2D eigenvalue weighted by atomic mass is 10.1. The molecule has 178 valence electrons. The van der Waals surface area contributed by atoms with Crippen molar-refractivity contribution in [2.24, 2.45) is 5.92 Å². The molecule has 2 amide bonds. The highest BCUT2D eigenvalue weighted by molar-refractivity contribution is 9.10. The molecule has 0 aliphatic heterocycles. The van der Waals surface area contributed by atoms with Crippen molar-refractivity contribution in [1.29, 1.82) is 0 Å². The summed E-state index contributed by atoms with van der Waals surface area (Å²) in [6.45, 7) is 5.89. The van der Waals surface area contributed by atoms with Gasteiger partial charge in [0, 0.05) is 36.0 Å². The first kappa shape index (κ1) is 26.8. The summed E-state index contributed by atoms with van der Waals surface area (Å²) in [5.74, 6) is 0.469. The molecule has 0 spiro atoms. The Bertz CT molecular complexity index is 951. The van der Waals surface area contributed by atoms with Crippen molar-refractivity contribution in [3.63, 3.8) is 0 Å². The number of ether oxygens (including phenoxy) is 2. The van der Waals surface area contributed by atoms with E-state index < -0.39 is 0 Å². The Kier molecular flexibility index (Phi) is 11.3. The van der Waals surface area contributed by atoms with Crippen molar-refractivity contribution in [2.45, 2.75) is 26.7 Å². The first-order valence-corrected chi connectivity index (χ1v) is 11.9. The first-order chi connectivity index (χ1) is 15.8. The monoisotopic (exact) mass is 535 g/mol. The predicted octanol–water partition coefficient (Wildman–Crippen LogP) is 4.77. The van der Waals surface area contributed by atoms with Crippen LogP contribution in [0.1, 0.15) is 47.4 Å². The van der Waals surface area contributed by atoms with Crippen molar-refractivity contribution >= 4 is 50.8 Å². The maximum absolute atomic E-state index is 12.8. The van der Waals surface area contributed by atoms with Gasteiger partial charge in [-0.15, -0.1) is 0 Å². The number of nitrogens with one attached hydrogen (secondary N) is 3. The third kappa shape index (κ3) is 9.49. The number of hydrogen-bond acceptors (Lipinski definition) is 5. The van der Waals surface area contributed by atoms with Gasteiger partial charge in [-0.1, -0.05) is 29.8 Å². The van der Waals surface area contributed by atoms with Crippen molar-refractivity contribution in [1.82, 2.24) is 10.6 Å². The Morgan fingerprint density at radius 3 is 2.45 bits per heavy atom. The van der Waals surface area contributed by atoms with E-state index in [0.717, 1.165) is 17.3 Å². The minimum absolute atomic E-state index is 0.143. The number of benzene rings is 2. The highest BCUT2D eigenvalue weighted by Crippen LogP contribution is 2.24. The molecular weight excluding hydrogens is 506 g/mol. The molecule has 2 aromatic carbocycles. The summed E-state index contributed by atoms with van der Waals surface area (Å²) in [6.07, 6.45) is 1.64. The molecule has 2 rings (SSSR count). The fourth-order valence-corrected chi connectivity index (χ4v) is 3.34. The molecule has 0 saturated heterocycles. The van der Waals surface area contributed by atoms with E-state index in [1.807, 2.05) is 6.07 Å². The highest BCUT2D eigenvalue weighted by atomic mass is 79.9. The van der Waals surface area contributed by atoms with Crippen LogP contribution in [0.2, 0.25) is 0 Å². The van der Waals surface area contributed by atoms with Crippen molar-refractivity contribution in [2.75, 3.05) is 32.2 Å². The van der Waals surface area contributed by atoms with Crippen LogP contribution in [0.4, 0.5) is 5.69 Å². The zero-order valence-corrected chi connectivity index (χ0v) is 21.5. The maximum Gasteiger partial charge on any atom is 0.261 e. The molecule has 9 heteroatoms. The molecule has 7 nitrogen and oxygen atoms in total. The molecule has 0 unspecified atom stereocenters. The Morgan fingerprint density at radius 2 is 1.79 bits per heavy atom. The molecule has 0 aliphatic rings. The Morgan fingerprint density at radius 1 is 1.06 bits per heavy atom. The van der Waals surface area contributed by atoms with E-state index in [0.29, 0.717) is 48.2 Å². The van der Waals surface area contributed by atoms with Crippen LogP contribution in [0.5, 0.6) is 5.75 Å². The average molecular weight is 536 g/mol. The zero-order valence-electron chi connectivity index (χ0n) is 19.1. The molecule has 0 saturated carbocycles. The lowest BCUT2D eigenvalue weighted by Crippen LogP contribution is -2.34. The normalized spacial score (nSPS) is 10.6. The summed E-state index contributed by atoms with van der Waals surface area (Å²) in [6, 6.07) is 12.1. The number of thiocarbonyl (C=S) groups is 1. The van der Waals surface area contributed by atoms with E-state index >= 15 is 0 Å². The molecule has 0 bridgehead atoms. The van der Waals surface area contributed by atoms with Gasteiger partial charge in [0.2, 0.25) is 0 Å². The first-order valence-electron chi connectivity index (χ1n) is 10.7. The van der Waals surface area contributed by atoms with Crippen LogP contribution in [-0.4, -0.2) is 43.8 Å². The van der Waals surface area contributed by atoms with Crippen LogP contribution in [-0.2, 0) is 4.74 Å². The molecule has 3 N–H and O–H groups in total. The summed E-state index contributed by atoms with van der Waals surface area (Å²) in [5, 5.41) is 8.61. The van der Waals surface area contributed by atoms with E-state index in [1.54, 1.807) is 43.5 Å². The third-order valence-corrected chi connectivity index (χ3v) is 5.28. The topological polar surface area (TPSA) is 88.7 Å². The molecular formula is C24H30BrN3O4S. The number of halogens is 1. The molecule has 0 aromatic heterocycles. The summed E-state index contributed by atoms with van der Waals surface area (Å²) in [4.78, 5) is 24.9. The van der Waals surface area contributed by atoms with Gasteiger partial charge in [0.25, 0.3) is 11.8 Å². The zero-order chi connectivity index (χ0) is 24.2. The maximum atomic E-state index is 12.8. The third-order valence-electron chi connectivity index (χ3n) is 4.58. The molecule has 0 heterocycles. The van der Waals surface area contributed by atoms with E-state index in [2.05, 4.69) is 45.7 Å². The second-order valence-electron chi connectivity index (χ2n) is 7.76. The summed E-state index contributed by atoms with van der Waals surface area (Å²) in [5.41, 5.74) is 1.57. The molecule has 0 radical (unpaired) electrons. The van der Waals surface area contributed by atoms with Crippen LogP contribution in [0, 0.1) is 5.92 Å². The number of hydrogen-bond donors (Lipinski definition) is 3. The van der Waals surface area contributed by atoms with Gasteiger partial charge in [0.1, 0.15) is 5.75 Å². The van der Waals surface area contributed by atoms with E-state index in [9.17, 15) is 9.59 Å². The standard InChI is InChI=1S/C24H30BrN3O4S/c1-16(2)11-14-32-21-10-7-18(25)15-20(21)23(30)28-24(33)27-19-8-5-17(6-9-19)22(29)26-12-4-13-31-3/h5-10,15-16H,4,11-14H2,1-3H3,(H,26,29)(H2,27,28,30,33). The lowest BCUT2D eigenvalue weighted by molar-refractivity contribution is 0.0946. The van der Waals surface area contributed by atoms with E-state index in [-0.39, 0.29) is 16.9 Å². The second-order valence-corrected chi connectivity index (χ2v) is 9.08. The molecule has 0 fully saturated rings. The van der Waals surface area contributed by atoms with Gasteiger partial charge in [0.15, 0.2) is 5.11 Å². The minimum atomic E-state index is -0.375. The Balaban J connectivity index is 1.93. The summed E-state index contributed by atoms with van der Waals surface area (Å²) in [7, 11) is 1.62. The quantitative estimate of drug-likeness (QED) is 0.283. The van der Waals surface area contributed by atoms with E-state index in [1.165, 1.54) is 0 Å². The van der Waals surface area contributed by atoms with Gasteiger partial charge in [-0.3, -0.25) is 14.9 Å². The average Bonchev–Trinajstić information content (AvgIpc) is 2.77. The van der Waals surface area contributed by atoms with Gasteiger partial charge in [0.05, 0.1) is 12.2 Å². The smallest absolute Gasteiger partial charge is 0.261 e. The Labute approximate surface area is 208 Å². The molecule has 0 atom stereocenters. The summed E-state index contributed by atoms with van der Waals surface area (Å²) < 4.78 is 11.5. The van der Waals surface area contributed by atoms with Crippen LogP contribution in [0.25, 0.3) is 0 Å². The number of carbonyl (C=O) groups is 2. The van der Waals surface area contributed by atoms with Crippen molar-refractivity contribution < 1.29 is 19.1 Å². The van der Waals surface area contributed by atoms with E-state index in [4.69, 9.17) is 21.7 Å². The summed E-state index contributed by atoms with van der Waals surface area (Å²) >= 11 is 8.68. The van der Waals surface area contributed by atoms with Gasteiger partial charge in [-0.2, -0.15) is 0 Å². The lowest BCUT2D eigenvalue weighted by Gasteiger charge is -2.14. The molecule has 33 heavy (non-hydrogen) atoms. The van der Waals surface area contributed by atoms with Crippen molar-refractivity contribution in [3.8, 4) is 5.75 Å². The van der Waals surface area contributed by atoms with Crippen LogP contribution >= 0.6 is 28.1 Å². The fraction of sp³-hybridized carbons (Fsp3) is 0.375. The Hall–Kier alpha value is -2.49. The van der Waals surface area contributed by atoms with Gasteiger partial charge < -0.3 is 20.1 Å². The van der Waals surface area contributed by atoms with Crippen LogP contribution in [0.3, 0.4) is 0 Å². The SMILES string of the molecule is COCCCNC(=O)c1ccc(NC(=S)NC(=O)c2cc(Br)ccc2OCCC(C)C)cc1. The number of rotatable bonds is 11. The fourth-order valence-electron chi connectivity index (χ4n) is 2.77. The van der Waals surface area contributed by atoms with Gasteiger partial charge in [-0.05, 0) is 73.4 Å². The van der Waals surface area contributed by atoms with Gasteiger partial charge >= 0.3 is 0 Å². The minimum Gasteiger partial charge on any atom is -0.493 e. The number of amides is 2. The number of carbonyl (C=O) groups excluding carboxylic acids is 2. The van der Waals surface area contributed by atoms with Crippen LogP contribution < -0.4 is 20.7 Å². The second kappa shape index (κ2) is 13.9. The predicted molar refractivity (Wildman–Crippen MR) is 138 cm³/mol. The largest absolute Gasteiger partial charge is 0.493 e. The number of methoxy groups -OCH3 is 1. The highest BCUT2D eigenvalue weighted by Gasteiger charge is 2.15. The van der Waals surface area contributed by atoms with Crippen molar-refractivity contribution in [3.05, 3.63) is 58.1 Å².